The molecule has 3 heteroatoms. The fourth-order valence-electron chi connectivity index (χ4n) is 1.08. The van der Waals surface area contributed by atoms with E-state index in [9.17, 15) is 0 Å². The molecule has 0 N–H and O–H groups in total. The molecule has 0 fully saturated rings. The fourth-order valence-corrected chi connectivity index (χ4v) is 2.02. The van der Waals surface area contributed by atoms with Gasteiger partial charge in [0.1, 0.15) is 6.33 Å². The number of nitrogens with zero attached hydrogens (tertiary/aromatic N) is 2. The lowest BCUT2D eigenvalue weighted by molar-refractivity contribution is 0.954. The van der Waals surface area contributed by atoms with Gasteiger partial charge in [-0.1, -0.05) is 0 Å². The number of thioether (sulfide) groups is 1. The van der Waals surface area contributed by atoms with Crippen molar-refractivity contribution in [1.82, 2.24) is 9.97 Å². The van der Waals surface area contributed by atoms with Gasteiger partial charge in [0.05, 0.1) is 0 Å². The summed E-state index contributed by atoms with van der Waals surface area (Å²) >= 11 is 1.96. The average molecular weight is 152 g/mol. The standard InChI is InChI=1S/C7H8N2S/c1-2-10-4-6-3-8-5-9-7(1)6/h3,5H,1-2,4H2. The van der Waals surface area contributed by atoms with Gasteiger partial charge in [-0.3, -0.25) is 0 Å². The monoisotopic (exact) mass is 152 g/mol. The van der Waals surface area contributed by atoms with Crippen molar-refractivity contribution in [2.45, 2.75) is 12.2 Å². The minimum Gasteiger partial charge on any atom is -0.244 e. The van der Waals surface area contributed by atoms with E-state index in [2.05, 4.69) is 9.97 Å². The third-order valence-corrected chi connectivity index (χ3v) is 2.63. The van der Waals surface area contributed by atoms with Crippen LogP contribution in [0.4, 0.5) is 0 Å². The molecule has 0 bridgehead atoms. The van der Waals surface area contributed by atoms with E-state index < -0.39 is 0 Å². The number of hydrogen-bond acceptors (Lipinski definition) is 3. The van der Waals surface area contributed by atoms with Crippen molar-refractivity contribution in [2.24, 2.45) is 0 Å². The molecule has 1 aromatic rings. The minimum atomic E-state index is 1.09. The highest BCUT2D eigenvalue weighted by Crippen LogP contribution is 2.20. The number of aryl methyl sites for hydroxylation is 1. The molecular weight excluding hydrogens is 144 g/mol. The Morgan fingerprint density at radius 3 is 3.40 bits per heavy atom. The first-order valence-corrected chi connectivity index (χ1v) is 4.48. The smallest absolute Gasteiger partial charge is 0.115 e. The van der Waals surface area contributed by atoms with Crippen LogP contribution < -0.4 is 0 Å². The molecule has 1 aromatic heterocycles. The van der Waals surface area contributed by atoms with Crippen molar-refractivity contribution in [3.63, 3.8) is 0 Å². The zero-order valence-electron chi connectivity index (χ0n) is 5.58. The number of fused-ring (bicyclic) bond motifs is 1. The topological polar surface area (TPSA) is 25.8 Å². The molecule has 0 atom stereocenters. The Bertz CT molecular complexity index is 212. The summed E-state index contributed by atoms with van der Waals surface area (Å²) in [5, 5.41) is 0. The molecule has 0 saturated heterocycles. The summed E-state index contributed by atoms with van der Waals surface area (Å²) in [5.74, 6) is 2.31. The molecule has 2 heterocycles. The third kappa shape index (κ3) is 1.01. The van der Waals surface area contributed by atoms with Crippen LogP contribution in [-0.2, 0) is 12.2 Å². The maximum absolute atomic E-state index is 4.19. The molecular formula is C7H8N2S. The van der Waals surface area contributed by atoms with Crippen molar-refractivity contribution in [2.75, 3.05) is 5.75 Å². The predicted octanol–water partition coefficient (Wildman–Crippen LogP) is 1.27. The Morgan fingerprint density at radius 2 is 2.50 bits per heavy atom. The van der Waals surface area contributed by atoms with Crippen LogP contribution in [-0.4, -0.2) is 15.7 Å². The van der Waals surface area contributed by atoms with E-state index in [1.807, 2.05) is 18.0 Å². The van der Waals surface area contributed by atoms with Crippen molar-refractivity contribution >= 4 is 11.8 Å². The molecule has 2 rings (SSSR count). The summed E-state index contributed by atoms with van der Waals surface area (Å²) in [7, 11) is 0. The average Bonchev–Trinajstić information content (AvgIpc) is 2.05. The van der Waals surface area contributed by atoms with E-state index in [-0.39, 0.29) is 0 Å². The Hall–Kier alpha value is -0.570. The molecule has 2 nitrogen and oxygen atoms in total. The summed E-state index contributed by atoms with van der Waals surface area (Å²) < 4.78 is 0. The largest absolute Gasteiger partial charge is 0.244 e. The zero-order chi connectivity index (χ0) is 6.81. The lowest BCUT2D eigenvalue weighted by Crippen LogP contribution is -2.04. The van der Waals surface area contributed by atoms with E-state index in [1.54, 1.807) is 6.33 Å². The highest BCUT2D eigenvalue weighted by atomic mass is 32.2. The summed E-state index contributed by atoms with van der Waals surface area (Å²) in [6, 6.07) is 0. The minimum absolute atomic E-state index is 1.09. The second kappa shape index (κ2) is 2.58. The summed E-state index contributed by atoms with van der Waals surface area (Å²) in [6.07, 6.45) is 4.67. The van der Waals surface area contributed by atoms with Gasteiger partial charge in [-0.2, -0.15) is 11.8 Å². The van der Waals surface area contributed by atoms with Crippen LogP contribution in [0, 0.1) is 0 Å². The fraction of sp³-hybridized carbons (Fsp3) is 0.429. The van der Waals surface area contributed by atoms with Crippen LogP contribution >= 0.6 is 11.8 Å². The molecule has 0 spiro atoms. The molecule has 0 saturated carbocycles. The maximum Gasteiger partial charge on any atom is 0.115 e. The number of rotatable bonds is 0. The number of hydrogen-bond donors (Lipinski definition) is 0. The van der Waals surface area contributed by atoms with Gasteiger partial charge in [-0.15, -0.1) is 0 Å². The SMILES string of the molecule is c1ncc2c(n1)CCSC2. The Morgan fingerprint density at radius 1 is 1.50 bits per heavy atom. The van der Waals surface area contributed by atoms with Crippen molar-refractivity contribution in [3.05, 3.63) is 23.8 Å². The van der Waals surface area contributed by atoms with Gasteiger partial charge < -0.3 is 0 Å². The second-order valence-electron chi connectivity index (χ2n) is 2.30. The molecule has 1 aliphatic heterocycles. The second-order valence-corrected chi connectivity index (χ2v) is 3.40. The van der Waals surface area contributed by atoms with Gasteiger partial charge >= 0.3 is 0 Å². The van der Waals surface area contributed by atoms with Gasteiger partial charge in [0.2, 0.25) is 0 Å². The molecule has 52 valence electrons. The summed E-state index contributed by atoms with van der Waals surface area (Å²) in [5.41, 5.74) is 2.56. The Kier molecular flexibility index (Phi) is 1.59. The first-order valence-electron chi connectivity index (χ1n) is 3.32. The first-order chi connectivity index (χ1) is 4.97. The highest BCUT2D eigenvalue weighted by Gasteiger charge is 2.08. The summed E-state index contributed by atoms with van der Waals surface area (Å²) in [6.45, 7) is 0. The lowest BCUT2D eigenvalue weighted by atomic mass is 10.2. The van der Waals surface area contributed by atoms with Crippen molar-refractivity contribution < 1.29 is 0 Å². The molecule has 1 aliphatic rings. The van der Waals surface area contributed by atoms with Crippen molar-refractivity contribution in [3.8, 4) is 0 Å². The molecule has 10 heavy (non-hydrogen) atoms. The molecule has 0 aromatic carbocycles. The van der Waals surface area contributed by atoms with Gasteiger partial charge in [-0.05, 0) is 12.2 Å². The summed E-state index contributed by atoms with van der Waals surface area (Å²) in [4.78, 5) is 8.17. The van der Waals surface area contributed by atoms with Gasteiger partial charge in [0.15, 0.2) is 0 Å². The molecule has 0 radical (unpaired) electrons. The van der Waals surface area contributed by atoms with Crippen LogP contribution in [0.5, 0.6) is 0 Å². The van der Waals surface area contributed by atoms with Crippen LogP contribution in [0.3, 0.4) is 0 Å². The highest BCUT2D eigenvalue weighted by molar-refractivity contribution is 7.98. The molecule has 0 amide bonds. The Balaban J connectivity index is 2.41. The zero-order valence-corrected chi connectivity index (χ0v) is 6.40. The van der Waals surface area contributed by atoms with Crippen LogP contribution in [0.15, 0.2) is 12.5 Å². The van der Waals surface area contributed by atoms with E-state index in [0.717, 1.165) is 12.2 Å². The van der Waals surface area contributed by atoms with Gasteiger partial charge in [0.25, 0.3) is 0 Å². The van der Waals surface area contributed by atoms with Crippen LogP contribution in [0.25, 0.3) is 0 Å². The maximum atomic E-state index is 4.19. The first kappa shape index (κ1) is 6.16. The normalized spacial score (nSPS) is 16.4. The Labute approximate surface area is 64.1 Å². The van der Waals surface area contributed by atoms with Gasteiger partial charge in [0, 0.05) is 23.2 Å². The van der Waals surface area contributed by atoms with Crippen LogP contribution in [0.1, 0.15) is 11.3 Å². The lowest BCUT2D eigenvalue weighted by Gasteiger charge is -2.11. The third-order valence-electron chi connectivity index (χ3n) is 1.62. The van der Waals surface area contributed by atoms with E-state index in [1.165, 1.54) is 17.0 Å². The molecule has 0 aliphatic carbocycles. The van der Waals surface area contributed by atoms with E-state index in [0.29, 0.717) is 0 Å². The van der Waals surface area contributed by atoms with E-state index in [4.69, 9.17) is 0 Å². The predicted molar refractivity (Wildman–Crippen MR) is 41.9 cm³/mol. The van der Waals surface area contributed by atoms with Crippen molar-refractivity contribution in [1.29, 1.82) is 0 Å². The van der Waals surface area contributed by atoms with Gasteiger partial charge in [-0.25, -0.2) is 9.97 Å². The molecule has 0 unspecified atom stereocenters. The quantitative estimate of drug-likeness (QED) is 0.560. The van der Waals surface area contributed by atoms with Crippen LogP contribution in [0.2, 0.25) is 0 Å². The number of aromatic nitrogens is 2. The van der Waals surface area contributed by atoms with E-state index >= 15 is 0 Å².